The van der Waals surface area contributed by atoms with Crippen LogP contribution in [0.2, 0.25) is 0 Å². The number of para-hydroxylation sites is 1. The lowest BCUT2D eigenvalue weighted by atomic mass is 10.2. The zero-order valence-electron chi connectivity index (χ0n) is 19.4. The van der Waals surface area contributed by atoms with Crippen LogP contribution in [-0.2, 0) is 11.4 Å². The fraction of sp³-hybridized carbons (Fsp3) is 0.214. The summed E-state index contributed by atoms with van der Waals surface area (Å²) in [6, 6.07) is 27.9. The van der Waals surface area contributed by atoms with Gasteiger partial charge in [0, 0.05) is 31.9 Å². The second-order valence-electron chi connectivity index (χ2n) is 8.54. The van der Waals surface area contributed by atoms with Crippen molar-refractivity contribution in [2.45, 2.75) is 6.61 Å². The lowest BCUT2D eigenvalue weighted by Crippen LogP contribution is -2.50. The highest BCUT2D eigenvalue weighted by Gasteiger charge is 2.36. The van der Waals surface area contributed by atoms with E-state index in [-0.39, 0.29) is 11.1 Å². The molecular formula is C28H27N3O3S. The lowest BCUT2D eigenvalue weighted by Gasteiger charge is -2.37. The monoisotopic (exact) mass is 485 g/mol. The van der Waals surface area contributed by atoms with E-state index in [9.17, 15) is 9.59 Å². The summed E-state index contributed by atoms with van der Waals surface area (Å²) in [4.78, 5) is 31.9. The molecule has 0 spiro atoms. The first-order valence-corrected chi connectivity index (χ1v) is 12.5. The quantitative estimate of drug-likeness (QED) is 0.435. The predicted molar refractivity (Wildman–Crippen MR) is 140 cm³/mol. The molecule has 2 aliphatic rings. The van der Waals surface area contributed by atoms with Crippen LogP contribution in [0.3, 0.4) is 0 Å². The molecule has 0 bridgehead atoms. The van der Waals surface area contributed by atoms with Gasteiger partial charge in [-0.15, -0.1) is 0 Å². The number of anilines is 1. The summed E-state index contributed by atoms with van der Waals surface area (Å²) in [5.41, 5.74) is 3.17. The maximum Gasteiger partial charge on any atom is 0.294 e. The maximum absolute atomic E-state index is 13.0. The number of carbonyl (C=O) groups is 2. The SMILES string of the molecule is O=C1SC(=Cc2ccc(OCc3ccccc3)cc2)C(=O)N1CN1CCN(c2ccccc2)CC1. The van der Waals surface area contributed by atoms with E-state index >= 15 is 0 Å². The van der Waals surface area contributed by atoms with Crippen molar-refractivity contribution >= 4 is 34.7 Å². The Morgan fingerprint density at radius 1 is 0.800 bits per heavy atom. The van der Waals surface area contributed by atoms with Gasteiger partial charge in [0.2, 0.25) is 0 Å². The maximum atomic E-state index is 13.0. The molecule has 0 N–H and O–H groups in total. The molecule has 2 fully saturated rings. The van der Waals surface area contributed by atoms with Gasteiger partial charge in [0.1, 0.15) is 12.4 Å². The average molecular weight is 486 g/mol. The van der Waals surface area contributed by atoms with Crippen molar-refractivity contribution in [1.82, 2.24) is 9.80 Å². The third-order valence-corrected chi connectivity index (χ3v) is 7.04. The molecule has 3 aromatic carbocycles. The van der Waals surface area contributed by atoms with Crippen LogP contribution in [0.25, 0.3) is 6.08 Å². The number of benzene rings is 3. The fourth-order valence-electron chi connectivity index (χ4n) is 4.16. The van der Waals surface area contributed by atoms with E-state index in [0.717, 1.165) is 54.8 Å². The number of hydrogen-bond acceptors (Lipinski definition) is 6. The Morgan fingerprint density at radius 3 is 2.14 bits per heavy atom. The van der Waals surface area contributed by atoms with Crippen LogP contribution >= 0.6 is 11.8 Å². The van der Waals surface area contributed by atoms with Crippen LogP contribution in [0.15, 0.2) is 89.8 Å². The molecule has 0 saturated carbocycles. The summed E-state index contributed by atoms with van der Waals surface area (Å²) in [5, 5.41) is -0.213. The summed E-state index contributed by atoms with van der Waals surface area (Å²) in [6.07, 6.45) is 1.78. The Morgan fingerprint density at radius 2 is 1.46 bits per heavy atom. The average Bonchev–Trinajstić information content (AvgIpc) is 3.17. The van der Waals surface area contributed by atoms with Crippen LogP contribution in [-0.4, -0.2) is 53.8 Å². The van der Waals surface area contributed by atoms with E-state index in [1.165, 1.54) is 10.6 Å². The highest BCUT2D eigenvalue weighted by molar-refractivity contribution is 8.18. The molecule has 35 heavy (non-hydrogen) atoms. The number of piperazine rings is 1. The molecule has 2 saturated heterocycles. The minimum atomic E-state index is -0.227. The molecule has 2 amide bonds. The molecule has 0 aliphatic carbocycles. The van der Waals surface area contributed by atoms with Crippen LogP contribution in [0.4, 0.5) is 10.5 Å². The van der Waals surface area contributed by atoms with Crippen LogP contribution in [0.1, 0.15) is 11.1 Å². The first-order valence-electron chi connectivity index (χ1n) is 11.7. The van der Waals surface area contributed by atoms with E-state index in [4.69, 9.17) is 4.74 Å². The first kappa shape index (κ1) is 23.2. The third kappa shape index (κ3) is 5.75. The van der Waals surface area contributed by atoms with Crippen molar-refractivity contribution in [3.8, 4) is 5.75 Å². The van der Waals surface area contributed by atoms with E-state index < -0.39 is 0 Å². The van der Waals surface area contributed by atoms with Gasteiger partial charge in [-0.1, -0.05) is 60.7 Å². The predicted octanol–water partition coefficient (Wildman–Crippen LogP) is 5.08. The number of rotatable bonds is 7. The van der Waals surface area contributed by atoms with E-state index in [1.54, 1.807) is 6.08 Å². The van der Waals surface area contributed by atoms with Crippen LogP contribution in [0.5, 0.6) is 5.75 Å². The van der Waals surface area contributed by atoms with Gasteiger partial charge in [0.25, 0.3) is 11.1 Å². The van der Waals surface area contributed by atoms with Gasteiger partial charge in [0.05, 0.1) is 11.6 Å². The van der Waals surface area contributed by atoms with Crippen molar-refractivity contribution in [1.29, 1.82) is 0 Å². The molecule has 0 radical (unpaired) electrons. The van der Waals surface area contributed by atoms with Gasteiger partial charge < -0.3 is 9.64 Å². The Bertz CT molecular complexity index is 1190. The van der Waals surface area contributed by atoms with Gasteiger partial charge in [-0.2, -0.15) is 0 Å². The minimum absolute atomic E-state index is 0.213. The summed E-state index contributed by atoms with van der Waals surface area (Å²) in [5.74, 6) is 0.531. The van der Waals surface area contributed by atoms with Crippen molar-refractivity contribution in [3.63, 3.8) is 0 Å². The van der Waals surface area contributed by atoms with Crippen molar-refractivity contribution < 1.29 is 14.3 Å². The Balaban J connectivity index is 1.15. The highest BCUT2D eigenvalue weighted by Crippen LogP contribution is 2.32. The van der Waals surface area contributed by atoms with E-state index in [1.807, 2.05) is 72.8 Å². The van der Waals surface area contributed by atoms with Crippen LogP contribution in [0, 0.1) is 0 Å². The molecule has 3 aromatic rings. The molecule has 0 aromatic heterocycles. The van der Waals surface area contributed by atoms with E-state index in [2.05, 4.69) is 21.9 Å². The normalized spacial score (nSPS) is 17.9. The van der Waals surface area contributed by atoms with Crippen molar-refractivity contribution in [2.75, 3.05) is 37.7 Å². The molecule has 0 atom stereocenters. The molecule has 0 unspecified atom stereocenters. The van der Waals surface area contributed by atoms with Crippen LogP contribution < -0.4 is 9.64 Å². The summed E-state index contributed by atoms with van der Waals surface area (Å²) in [6.45, 7) is 4.18. The van der Waals surface area contributed by atoms with Crippen molar-refractivity contribution in [2.24, 2.45) is 0 Å². The second-order valence-corrected chi connectivity index (χ2v) is 9.53. The number of amides is 2. The molecule has 2 heterocycles. The topological polar surface area (TPSA) is 53.1 Å². The number of carbonyl (C=O) groups excluding carboxylic acids is 2. The summed E-state index contributed by atoms with van der Waals surface area (Å²) in [7, 11) is 0. The molecule has 7 heteroatoms. The summed E-state index contributed by atoms with van der Waals surface area (Å²) >= 11 is 1.00. The fourth-order valence-corrected chi connectivity index (χ4v) is 4.99. The lowest BCUT2D eigenvalue weighted by molar-refractivity contribution is -0.124. The second kappa shape index (κ2) is 10.8. The number of imide groups is 1. The number of hydrogen-bond donors (Lipinski definition) is 0. The number of thioether (sulfide) groups is 1. The smallest absolute Gasteiger partial charge is 0.294 e. The number of ether oxygens (including phenoxy) is 1. The first-order chi connectivity index (χ1) is 17.2. The van der Waals surface area contributed by atoms with Gasteiger partial charge in [-0.25, -0.2) is 0 Å². The molecule has 2 aliphatic heterocycles. The van der Waals surface area contributed by atoms with Gasteiger partial charge in [-0.05, 0) is 53.2 Å². The summed E-state index contributed by atoms with van der Waals surface area (Å²) < 4.78 is 5.83. The largest absolute Gasteiger partial charge is 0.489 e. The highest BCUT2D eigenvalue weighted by atomic mass is 32.2. The van der Waals surface area contributed by atoms with Gasteiger partial charge >= 0.3 is 0 Å². The van der Waals surface area contributed by atoms with Gasteiger partial charge in [-0.3, -0.25) is 19.4 Å². The Labute approximate surface area is 209 Å². The number of nitrogens with zero attached hydrogens (tertiary/aromatic N) is 3. The Hall–Kier alpha value is -3.55. The van der Waals surface area contributed by atoms with Crippen molar-refractivity contribution in [3.05, 3.63) is 101 Å². The molecule has 178 valence electrons. The van der Waals surface area contributed by atoms with Gasteiger partial charge in [0.15, 0.2) is 0 Å². The zero-order valence-corrected chi connectivity index (χ0v) is 20.2. The Kier molecular flexibility index (Phi) is 7.16. The standard InChI is InChI=1S/C28H27N3O3S/c32-27-26(19-22-11-13-25(14-12-22)34-20-23-7-3-1-4-8-23)35-28(33)31(27)21-29-15-17-30(18-16-29)24-9-5-2-6-10-24/h1-14,19H,15-18,20-21H2. The zero-order chi connectivity index (χ0) is 24.0. The molecule has 5 rings (SSSR count). The molecular weight excluding hydrogens is 458 g/mol. The third-order valence-electron chi connectivity index (χ3n) is 6.13. The molecule has 6 nitrogen and oxygen atoms in total. The van der Waals surface area contributed by atoms with E-state index in [0.29, 0.717) is 18.2 Å². The minimum Gasteiger partial charge on any atom is -0.489 e.